The normalized spacial score (nSPS) is 12.0. The third kappa shape index (κ3) is 4.28. The minimum absolute atomic E-state index is 0.159. The van der Waals surface area contributed by atoms with Gasteiger partial charge < -0.3 is 5.32 Å². The first-order chi connectivity index (χ1) is 10.5. The lowest BCUT2D eigenvalue weighted by Gasteiger charge is -2.11. The van der Waals surface area contributed by atoms with Crippen molar-refractivity contribution in [1.29, 1.82) is 0 Å². The van der Waals surface area contributed by atoms with E-state index < -0.39 is 10.8 Å². The maximum atomic E-state index is 12.5. The zero-order valence-corrected chi connectivity index (χ0v) is 14.0. The van der Waals surface area contributed by atoms with Crippen LogP contribution in [0.25, 0.3) is 0 Å². The van der Waals surface area contributed by atoms with E-state index in [0.29, 0.717) is 17.1 Å². The summed E-state index contributed by atoms with van der Waals surface area (Å²) in [5.74, 6) is 0.841. The van der Waals surface area contributed by atoms with Crippen molar-refractivity contribution in [2.45, 2.75) is 26.5 Å². The molecule has 1 amide bonds. The Morgan fingerprint density at radius 3 is 2.36 bits per heavy atom. The number of anilines is 1. The minimum atomic E-state index is -0.939. The summed E-state index contributed by atoms with van der Waals surface area (Å²) in [5, 5.41) is 2.93. The molecule has 4 heteroatoms. The summed E-state index contributed by atoms with van der Waals surface area (Å²) in [6.45, 7) is 5.89. The molecule has 0 aromatic heterocycles. The minimum Gasteiger partial charge on any atom is -0.322 e. The molecule has 22 heavy (non-hydrogen) atoms. The van der Waals surface area contributed by atoms with Crippen LogP contribution in [0.15, 0.2) is 42.5 Å². The molecule has 1 unspecified atom stereocenters. The number of benzene rings is 2. The molecule has 2 aromatic rings. The third-order valence-electron chi connectivity index (χ3n) is 3.38. The number of aryl methyl sites for hydroxylation is 2. The van der Waals surface area contributed by atoms with E-state index in [1.165, 1.54) is 0 Å². The molecule has 0 bridgehead atoms. The van der Waals surface area contributed by atoms with Crippen molar-refractivity contribution in [2.24, 2.45) is 0 Å². The molecule has 116 valence electrons. The summed E-state index contributed by atoms with van der Waals surface area (Å²) in [6, 6.07) is 13.3. The zero-order chi connectivity index (χ0) is 16.1. The van der Waals surface area contributed by atoms with Crippen LogP contribution in [0.2, 0.25) is 0 Å². The Morgan fingerprint density at radius 1 is 1.09 bits per heavy atom. The Labute approximate surface area is 134 Å². The van der Waals surface area contributed by atoms with Crippen LogP contribution in [0.1, 0.15) is 34.0 Å². The lowest BCUT2D eigenvalue weighted by molar-refractivity contribution is 0.102. The van der Waals surface area contributed by atoms with Gasteiger partial charge in [-0.1, -0.05) is 31.2 Å². The molecule has 2 rings (SSSR count). The van der Waals surface area contributed by atoms with E-state index in [-0.39, 0.29) is 5.91 Å². The second-order valence-corrected chi connectivity index (χ2v) is 7.11. The van der Waals surface area contributed by atoms with E-state index in [2.05, 4.69) is 11.4 Å². The third-order valence-corrected chi connectivity index (χ3v) is 4.66. The van der Waals surface area contributed by atoms with Crippen LogP contribution in [0.5, 0.6) is 0 Å². The van der Waals surface area contributed by atoms with Gasteiger partial charge in [0.1, 0.15) is 0 Å². The van der Waals surface area contributed by atoms with Gasteiger partial charge in [-0.25, -0.2) is 0 Å². The lowest BCUT2D eigenvalue weighted by Crippen LogP contribution is -2.15. The van der Waals surface area contributed by atoms with Crippen molar-refractivity contribution in [3.05, 3.63) is 64.7 Å². The molecule has 0 saturated heterocycles. The van der Waals surface area contributed by atoms with Crippen molar-refractivity contribution in [2.75, 3.05) is 11.1 Å². The highest BCUT2D eigenvalue weighted by Gasteiger charge is 2.13. The van der Waals surface area contributed by atoms with Gasteiger partial charge in [0.15, 0.2) is 0 Å². The van der Waals surface area contributed by atoms with Crippen LogP contribution in [0.4, 0.5) is 5.69 Å². The van der Waals surface area contributed by atoms with Crippen molar-refractivity contribution < 1.29 is 9.00 Å². The average molecular weight is 315 g/mol. The van der Waals surface area contributed by atoms with Crippen molar-refractivity contribution in [3.63, 3.8) is 0 Å². The van der Waals surface area contributed by atoms with Crippen LogP contribution in [0.3, 0.4) is 0 Å². The Kier molecular flexibility index (Phi) is 5.50. The molecule has 1 atom stereocenters. The molecule has 1 N–H and O–H groups in total. The van der Waals surface area contributed by atoms with Crippen LogP contribution in [-0.2, 0) is 16.6 Å². The van der Waals surface area contributed by atoms with Gasteiger partial charge in [0.05, 0.1) is 0 Å². The van der Waals surface area contributed by atoms with Gasteiger partial charge in [-0.3, -0.25) is 9.00 Å². The highest BCUT2D eigenvalue weighted by Crippen LogP contribution is 2.17. The molecule has 3 nitrogen and oxygen atoms in total. The molecule has 0 spiro atoms. The SMILES string of the molecule is CCS(=O)Cc1ccccc1C(=O)Nc1cc(C)cc(C)c1. The first kappa shape index (κ1) is 16.4. The largest absolute Gasteiger partial charge is 0.322 e. The topological polar surface area (TPSA) is 46.2 Å². The molecule has 2 aromatic carbocycles. The standard InChI is InChI=1S/C18H21NO2S/c1-4-22(21)12-15-7-5-6-8-17(15)18(20)19-16-10-13(2)9-14(3)11-16/h5-11H,4,12H2,1-3H3,(H,19,20). The molecule has 0 radical (unpaired) electrons. The molecule has 0 aliphatic carbocycles. The summed E-state index contributed by atoms with van der Waals surface area (Å²) in [7, 11) is -0.939. The number of amides is 1. The smallest absolute Gasteiger partial charge is 0.255 e. The molecule has 0 saturated carbocycles. The Bertz CT molecular complexity index is 690. The first-order valence-corrected chi connectivity index (χ1v) is 8.81. The number of carbonyl (C=O) groups is 1. The number of rotatable bonds is 5. The highest BCUT2D eigenvalue weighted by atomic mass is 32.2. The predicted molar refractivity (Wildman–Crippen MR) is 92.7 cm³/mol. The molecule has 0 aliphatic rings. The molecule has 0 aliphatic heterocycles. The summed E-state index contributed by atoms with van der Waals surface area (Å²) in [5.41, 5.74) is 4.41. The Balaban J connectivity index is 2.24. The van der Waals surface area contributed by atoms with E-state index in [0.717, 1.165) is 22.4 Å². The molecule has 0 heterocycles. The van der Waals surface area contributed by atoms with E-state index in [4.69, 9.17) is 0 Å². The second-order valence-electron chi connectivity index (χ2n) is 5.36. The first-order valence-electron chi connectivity index (χ1n) is 7.32. The fourth-order valence-electron chi connectivity index (χ4n) is 2.39. The van der Waals surface area contributed by atoms with Gasteiger partial charge >= 0.3 is 0 Å². The zero-order valence-electron chi connectivity index (χ0n) is 13.2. The summed E-state index contributed by atoms with van der Waals surface area (Å²) in [4.78, 5) is 12.5. The highest BCUT2D eigenvalue weighted by molar-refractivity contribution is 7.84. The monoisotopic (exact) mass is 315 g/mol. The van der Waals surface area contributed by atoms with E-state index in [9.17, 15) is 9.00 Å². The number of carbonyl (C=O) groups excluding carboxylic acids is 1. The maximum absolute atomic E-state index is 12.5. The number of hydrogen-bond donors (Lipinski definition) is 1. The lowest BCUT2D eigenvalue weighted by atomic mass is 10.1. The second kappa shape index (κ2) is 7.36. The Hall–Kier alpha value is -1.94. The summed E-state index contributed by atoms with van der Waals surface area (Å²) < 4.78 is 11.8. The van der Waals surface area contributed by atoms with Crippen molar-refractivity contribution in [1.82, 2.24) is 0 Å². The van der Waals surface area contributed by atoms with E-state index >= 15 is 0 Å². The quantitative estimate of drug-likeness (QED) is 0.911. The summed E-state index contributed by atoms with van der Waals surface area (Å²) in [6.07, 6.45) is 0. The number of nitrogens with one attached hydrogen (secondary N) is 1. The number of hydrogen-bond acceptors (Lipinski definition) is 2. The maximum Gasteiger partial charge on any atom is 0.255 e. The summed E-state index contributed by atoms with van der Waals surface area (Å²) >= 11 is 0. The van der Waals surface area contributed by atoms with Crippen LogP contribution in [0, 0.1) is 13.8 Å². The van der Waals surface area contributed by atoms with Gasteiger partial charge in [-0.15, -0.1) is 0 Å². The van der Waals surface area contributed by atoms with Crippen LogP contribution >= 0.6 is 0 Å². The molecular weight excluding hydrogens is 294 g/mol. The predicted octanol–water partition coefficient (Wildman–Crippen LogP) is 3.82. The van der Waals surface area contributed by atoms with Gasteiger partial charge in [0, 0.05) is 33.6 Å². The van der Waals surface area contributed by atoms with Crippen LogP contribution in [-0.4, -0.2) is 15.9 Å². The average Bonchev–Trinajstić information content (AvgIpc) is 2.46. The van der Waals surface area contributed by atoms with Crippen LogP contribution < -0.4 is 5.32 Å². The fourth-order valence-corrected chi connectivity index (χ4v) is 3.19. The van der Waals surface area contributed by atoms with Crippen molar-refractivity contribution in [3.8, 4) is 0 Å². The van der Waals surface area contributed by atoms with Gasteiger partial charge in [0.2, 0.25) is 0 Å². The van der Waals surface area contributed by atoms with E-state index in [1.54, 1.807) is 6.07 Å². The molecular formula is C18H21NO2S. The van der Waals surface area contributed by atoms with Crippen molar-refractivity contribution >= 4 is 22.4 Å². The van der Waals surface area contributed by atoms with Gasteiger partial charge in [-0.05, 0) is 48.7 Å². The Morgan fingerprint density at radius 2 is 1.73 bits per heavy atom. The van der Waals surface area contributed by atoms with Gasteiger partial charge in [0.25, 0.3) is 5.91 Å². The fraction of sp³-hybridized carbons (Fsp3) is 0.278. The van der Waals surface area contributed by atoms with Gasteiger partial charge in [-0.2, -0.15) is 0 Å². The van der Waals surface area contributed by atoms with E-state index in [1.807, 2.05) is 51.1 Å². The molecule has 0 fully saturated rings.